The molecule has 0 unspecified atom stereocenters. The third-order valence-electron chi connectivity index (χ3n) is 4.26. The third-order valence-corrected chi connectivity index (χ3v) is 4.26. The normalized spacial score (nSPS) is 10.4. The van der Waals surface area contributed by atoms with Gasteiger partial charge in [-0.2, -0.15) is 0 Å². The molecule has 0 saturated carbocycles. The van der Waals surface area contributed by atoms with E-state index in [1.165, 1.54) is 0 Å². The first-order chi connectivity index (χ1) is 13.2. The lowest BCUT2D eigenvalue weighted by Gasteiger charge is -2.10. The van der Waals surface area contributed by atoms with Crippen molar-refractivity contribution in [2.24, 2.45) is 0 Å². The van der Waals surface area contributed by atoms with Gasteiger partial charge in [0, 0.05) is 24.9 Å². The van der Waals surface area contributed by atoms with Crippen LogP contribution in [-0.2, 0) is 17.8 Å². The molecule has 1 heterocycles. The van der Waals surface area contributed by atoms with Crippen molar-refractivity contribution in [1.29, 1.82) is 0 Å². The van der Waals surface area contributed by atoms with Crippen LogP contribution in [0.2, 0.25) is 0 Å². The molecule has 1 aromatic heterocycles. The average molecular weight is 365 g/mol. The first-order valence-corrected chi connectivity index (χ1v) is 8.81. The van der Waals surface area contributed by atoms with Gasteiger partial charge in [-0.3, -0.25) is 4.79 Å². The highest BCUT2D eigenvalue weighted by molar-refractivity contribution is 5.76. The molecule has 5 nitrogen and oxygen atoms in total. The van der Waals surface area contributed by atoms with E-state index in [4.69, 9.17) is 13.9 Å². The Kier molecular flexibility index (Phi) is 6.15. The molecule has 140 valence electrons. The molecule has 0 atom stereocenters. The molecule has 0 saturated heterocycles. The number of hydrogen-bond acceptors (Lipinski definition) is 4. The third kappa shape index (κ3) is 4.91. The van der Waals surface area contributed by atoms with Crippen molar-refractivity contribution in [2.75, 3.05) is 14.2 Å². The fraction of sp³-hybridized carbons (Fsp3) is 0.227. The molecular formula is C22H23NO4. The summed E-state index contributed by atoms with van der Waals surface area (Å²) in [7, 11) is 3.18. The second-order valence-electron chi connectivity index (χ2n) is 6.10. The SMILES string of the molecule is COc1ccc(CNC(=O)CCc2ccc(-c3ccccc3)o2)cc1OC. The summed E-state index contributed by atoms with van der Waals surface area (Å²) in [6.07, 6.45) is 0.930. The molecule has 5 heteroatoms. The maximum atomic E-state index is 12.1. The van der Waals surface area contributed by atoms with E-state index >= 15 is 0 Å². The molecule has 0 fully saturated rings. The number of aryl methyl sites for hydroxylation is 1. The summed E-state index contributed by atoms with van der Waals surface area (Å²) in [4.78, 5) is 12.1. The van der Waals surface area contributed by atoms with Gasteiger partial charge in [-0.05, 0) is 29.8 Å². The van der Waals surface area contributed by atoms with Crippen LogP contribution in [0.3, 0.4) is 0 Å². The maximum absolute atomic E-state index is 12.1. The van der Waals surface area contributed by atoms with E-state index in [2.05, 4.69) is 5.32 Å². The van der Waals surface area contributed by atoms with Crippen LogP contribution in [-0.4, -0.2) is 20.1 Å². The molecule has 0 aliphatic carbocycles. The minimum Gasteiger partial charge on any atom is -0.493 e. The zero-order chi connectivity index (χ0) is 19.1. The van der Waals surface area contributed by atoms with Crippen molar-refractivity contribution < 1.29 is 18.7 Å². The number of furan rings is 1. The van der Waals surface area contributed by atoms with Crippen molar-refractivity contribution in [3.63, 3.8) is 0 Å². The summed E-state index contributed by atoms with van der Waals surface area (Å²) >= 11 is 0. The van der Waals surface area contributed by atoms with E-state index < -0.39 is 0 Å². The van der Waals surface area contributed by atoms with Crippen molar-refractivity contribution in [3.05, 3.63) is 72.0 Å². The van der Waals surface area contributed by atoms with Gasteiger partial charge in [0.25, 0.3) is 0 Å². The van der Waals surface area contributed by atoms with Gasteiger partial charge in [0.15, 0.2) is 11.5 Å². The summed E-state index contributed by atoms with van der Waals surface area (Å²) in [6, 6.07) is 19.4. The fourth-order valence-corrected chi connectivity index (χ4v) is 2.79. The number of ether oxygens (including phenoxy) is 2. The molecule has 0 aliphatic rings. The van der Waals surface area contributed by atoms with E-state index in [-0.39, 0.29) is 5.91 Å². The molecule has 0 bridgehead atoms. The van der Waals surface area contributed by atoms with Gasteiger partial charge in [0.2, 0.25) is 5.91 Å². The van der Waals surface area contributed by atoms with Crippen molar-refractivity contribution >= 4 is 5.91 Å². The monoisotopic (exact) mass is 365 g/mol. The minimum absolute atomic E-state index is 0.0255. The topological polar surface area (TPSA) is 60.7 Å². The van der Waals surface area contributed by atoms with Crippen LogP contribution >= 0.6 is 0 Å². The Balaban J connectivity index is 1.50. The van der Waals surface area contributed by atoms with Gasteiger partial charge in [0.05, 0.1) is 14.2 Å². The Morgan fingerprint density at radius 3 is 2.48 bits per heavy atom. The molecule has 2 aromatic carbocycles. The lowest BCUT2D eigenvalue weighted by molar-refractivity contribution is -0.121. The number of carbonyl (C=O) groups is 1. The summed E-state index contributed by atoms with van der Waals surface area (Å²) < 4.78 is 16.3. The molecule has 0 radical (unpaired) electrons. The molecule has 0 spiro atoms. The van der Waals surface area contributed by atoms with Gasteiger partial charge in [0.1, 0.15) is 11.5 Å². The Labute approximate surface area is 158 Å². The number of methoxy groups -OCH3 is 2. The highest BCUT2D eigenvalue weighted by Crippen LogP contribution is 2.27. The summed E-state index contributed by atoms with van der Waals surface area (Å²) in [5.74, 6) is 2.90. The average Bonchev–Trinajstić information content (AvgIpc) is 3.20. The lowest BCUT2D eigenvalue weighted by atomic mass is 10.2. The lowest BCUT2D eigenvalue weighted by Crippen LogP contribution is -2.22. The van der Waals surface area contributed by atoms with Crippen LogP contribution in [0.5, 0.6) is 11.5 Å². The van der Waals surface area contributed by atoms with Gasteiger partial charge in [-0.15, -0.1) is 0 Å². The van der Waals surface area contributed by atoms with E-state index in [0.717, 1.165) is 22.6 Å². The molecule has 3 aromatic rings. The van der Waals surface area contributed by atoms with Gasteiger partial charge < -0.3 is 19.2 Å². The summed E-state index contributed by atoms with van der Waals surface area (Å²) in [5.41, 5.74) is 1.98. The van der Waals surface area contributed by atoms with Gasteiger partial charge in [-0.25, -0.2) is 0 Å². The predicted octanol–water partition coefficient (Wildman–Crippen LogP) is 4.21. The van der Waals surface area contributed by atoms with Crippen molar-refractivity contribution in [2.45, 2.75) is 19.4 Å². The molecular weight excluding hydrogens is 342 g/mol. The minimum atomic E-state index is -0.0255. The summed E-state index contributed by atoms with van der Waals surface area (Å²) in [6.45, 7) is 0.437. The quantitative estimate of drug-likeness (QED) is 0.649. The van der Waals surface area contributed by atoms with Crippen molar-refractivity contribution in [3.8, 4) is 22.8 Å². The molecule has 0 aliphatic heterocycles. The maximum Gasteiger partial charge on any atom is 0.220 e. The largest absolute Gasteiger partial charge is 0.493 e. The molecule has 1 amide bonds. The fourth-order valence-electron chi connectivity index (χ4n) is 2.79. The van der Waals surface area contributed by atoms with E-state index in [1.54, 1.807) is 14.2 Å². The number of nitrogens with one attached hydrogen (secondary N) is 1. The number of carbonyl (C=O) groups excluding carboxylic acids is 1. The predicted molar refractivity (Wildman–Crippen MR) is 104 cm³/mol. The van der Waals surface area contributed by atoms with Gasteiger partial charge in [-0.1, -0.05) is 36.4 Å². The first kappa shape index (κ1) is 18.6. The van der Waals surface area contributed by atoms with E-state index in [9.17, 15) is 4.79 Å². The number of benzene rings is 2. The smallest absolute Gasteiger partial charge is 0.220 e. The first-order valence-electron chi connectivity index (χ1n) is 8.81. The Bertz CT molecular complexity index is 886. The van der Waals surface area contributed by atoms with Crippen LogP contribution in [0.25, 0.3) is 11.3 Å². The second kappa shape index (κ2) is 8.94. The zero-order valence-electron chi connectivity index (χ0n) is 15.5. The Hall–Kier alpha value is -3.21. The highest BCUT2D eigenvalue weighted by Gasteiger charge is 2.09. The van der Waals surface area contributed by atoms with Crippen LogP contribution in [0.1, 0.15) is 17.7 Å². The van der Waals surface area contributed by atoms with Gasteiger partial charge >= 0.3 is 0 Å². The number of amides is 1. The van der Waals surface area contributed by atoms with Crippen LogP contribution < -0.4 is 14.8 Å². The number of hydrogen-bond donors (Lipinski definition) is 1. The van der Waals surface area contributed by atoms with Crippen LogP contribution in [0.15, 0.2) is 65.1 Å². The van der Waals surface area contributed by atoms with Crippen molar-refractivity contribution in [1.82, 2.24) is 5.32 Å². The summed E-state index contributed by atoms with van der Waals surface area (Å²) in [5, 5.41) is 2.92. The van der Waals surface area contributed by atoms with E-state index in [0.29, 0.717) is 30.9 Å². The van der Waals surface area contributed by atoms with Crippen LogP contribution in [0, 0.1) is 0 Å². The standard InChI is InChI=1S/C22H23NO4/c1-25-20-11-8-16(14-21(20)26-2)15-23-22(24)13-10-18-9-12-19(27-18)17-6-4-3-5-7-17/h3-9,11-12,14H,10,13,15H2,1-2H3,(H,23,24). The molecule has 1 N–H and O–H groups in total. The number of rotatable bonds is 8. The Morgan fingerprint density at radius 1 is 0.963 bits per heavy atom. The Morgan fingerprint density at radius 2 is 1.74 bits per heavy atom. The second-order valence-corrected chi connectivity index (χ2v) is 6.10. The van der Waals surface area contributed by atoms with Crippen LogP contribution in [0.4, 0.5) is 0 Å². The van der Waals surface area contributed by atoms with E-state index in [1.807, 2.05) is 60.7 Å². The molecule has 3 rings (SSSR count). The highest BCUT2D eigenvalue weighted by atomic mass is 16.5. The molecule has 27 heavy (non-hydrogen) atoms. The zero-order valence-corrected chi connectivity index (χ0v) is 15.5.